The summed E-state index contributed by atoms with van der Waals surface area (Å²) in [6.45, 7) is 12.0. The lowest BCUT2D eigenvalue weighted by molar-refractivity contribution is 0.102. The first kappa shape index (κ1) is 24.1. The molecule has 1 aromatic carbocycles. The van der Waals surface area contributed by atoms with E-state index in [1.165, 1.54) is 0 Å². The molecule has 3 heterocycles. The Hall–Kier alpha value is -4.00. The van der Waals surface area contributed by atoms with Crippen LogP contribution < -0.4 is 10.2 Å². The number of hydrogen-bond acceptors (Lipinski definition) is 5. The molecule has 0 saturated heterocycles. The van der Waals surface area contributed by atoms with Gasteiger partial charge in [0, 0.05) is 55.2 Å². The van der Waals surface area contributed by atoms with Crippen LogP contribution >= 0.6 is 0 Å². The van der Waals surface area contributed by atoms with E-state index in [1.54, 1.807) is 23.1 Å². The number of nitrogens with zero attached hydrogens (tertiary/aromatic N) is 5. The van der Waals surface area contributed by atoms with Gasteiger partial charge in [-0.1, -0.05) is 39.0 Å². The van der Waals surface area contributed by atoms with Crippen LogP contribution in [0.2, 0.25) is 0 Å². The zero-order chi connectivity index (χ0) is 24.9. The molecule has 0 bridgehead atoms. The number of rotatable bonds is 9. The SMILES string of the molecule is C=C[C@H](C)CN(CC(C)C)c1cc(C(=O)Nc2cc3cc(-c4cnn(C)c4)ccc3cn2)ccn1. The summed E-state index contributed by atoms with van der Waals surface area (Å²) in [5.41, 5.74) is 2.64. The van der Waals surface area contributed by atoms with Gasteiger partial charge in [-0.25, -0.2) is 9.97 Å². The number of aryl methyl sites for hydroxylation is 1. The average molecular weight is 469 g/mol. The fourth-order valence-electron chi connectivity index (χ4n) is 4.00. The summed E-state index contributed by atoms with van der Waals surface area (Å²) < 4.78 is 1.78. The van der Waals surface area contributed by atoms with E-state index in [-0.39, 0.29) is 5.91 Å². The molecule has 0 unspecified atom stereocenters. The maximum absolute atomic E-state index is 13.1. The molecular formula is C28H32N6O. The fraction of sp³-hybridized carbons (Fsp3) is 0.286. The molecule has 0 fully saturated rings. The van der Waals surface area contributed by atoms with E-state index in [0.29, 0.717) is 23.2 Å². The molecule has 0 aliphatic rings. The van der Waals surface area contributed by atoms with Crippen LogP contribution in [-0.4, -0.2) is 38.7 Å². The minimum Gasteiger partial charge on any atom is -0.356 e. The lowest BCUT2D eigenvalue weighted by atomic mass is 10.1. The van der Waals surface area contributed by atoms with E-state index in [0.717, 1.165) is 40.8 Å². The second-order valence-electron chi connectivity index (χ2n) is 9.40. The Morgan fingerprint density at radius 1 is 1.06 bits per heavy atom. The smallest absolute Gasteiger partial charge is 0.257 e. The third-order valence-electron chi connectivity index (χ3n) is 5.83. The van der Waals surface area contributed by atoms with Gasteiger partial charge in [0.15, 0.2) is 0 Å². The molecular weight excluding hydrogens is 436 g/mol. The molecule has 0 radical (unpaired) electrons. The number of carbonyl (C=O) groups is 1. The Morgan fingerprint density at radius 3 is 2.60 bits per heavy atom. The molecule has 3 aromatic heterocycles. The summed E-state index contributed by atoms with van der Waals surface area (Å²) in [6, 6.07) is 11.6. The summed E-state index contributed by atoms with van der Waals surface area (Å²) in [7, 11) is 1.90. The van der Waals surface area contributed by atoms with Crippen molar-refractivity contribution in [2.45, 2.75) is 20.8 Å². The van der Waals surface area contributed by atoms with Crippen molar-refractivity contribution >= 4 is 28.3 Å². The van der Waals surface area contributed by atoms with Gasteiger partial charge >= 0.3 is 0 Å². The minimum absolute atomic E-state index is 0.217. The predicted octanol–water partition coefficient (Wildman–Crippen LogP) is 5.57. The van der Waals surface area contributed by atoms with Crippen molar-refractivity contribution in [3.05, 3.63) is 79.4 Å². The molecule has 1 amide bonds. The molecule has 180 valence electrons. The second kappa shape index (κ2) is 10.5. The first-order valence-electron chi connectivity index (χ1n) is 11.9. The molecule has 1 N–H and O–H groups in total. The molecule has 1 atom stereocenters. The van der Waals surface area contributed by atoms with Crippen molar-refractivity contribution in [1.82, 2.24) is 19.7 Å². The molecule has 35 heavy (non-hydrogen) atoms. The van der Waals surface area contributed by atoms with E-state index in [9.17, 15) is 4.79 Å². The zero-order valence-electron chi connectivity index (χ0n) is 20.8. The number of anilines is 2. The molecule has 4 rings (SSSR count). The van der Waals surface area contributed by atoms with Gasteiger partial charge in [-0.15, -0.1) is 6.58 Å². The van der Waals surface area contributed by atoms with Crippen LogP contribution in [0.25, 0.3) is 21.9 Å². The van der Waals surface area contributed by atoms with Crippen molar-refractivity contribution in [1.29, 1.82) is 0 Å². The number of fused-ring (bicyclic) bond motifs is 1. The van der Waals surface area contributed by atoms with Crippen LogP contribution in [0.5, 0.6) is 0 Å². The van der Waals surface area contributed by atoms with E-state index in [4.69, 9.17) is 0 Å². The summed E-state index contributed by atoms with van der Waals surface area (Å²) in [5, 5.41) is 9.19. The van der Waals surface area contributed by atoms with Crippen molar-refractivity contribution in [3.63, 3.8) is 0 Å². The Morgan fingerprint density at radius 2 is 1.89 bits per heavy atom. The highest BCUT2D eigenvalue weighted by Gasteiger charge is 2.15. The summed E-state index contributed by atoms with van der Waals surface area (Å²) in [4.78, 5) is 24.3. The minimum atomic E-state index is -0.217. The summed E-state index contributed by atoms with van der Waals surface area (Å²) in [5.74, 6) is 1.84. The topological polar surface area (TPSA) is 75.9 Å². The zero-order valence-corrected chi connectivity index (χ0v) is 20.8. The largest absolute Gasteiger partial charge is 0.356 e. The Balaban J connectivity index is 1.56. The van der Waals surface area contributed by atoms with E-state index < -0.39 is 0 Å². The van der Waals surface area contributed by atoms with Crippen LogP contribution in [0, 0.1) is 11.8 Å². The summed E-state index contributed by atoms with van der Waals surface area (Å²) in [6.07, 6.45) is 9.21. The average Bonchev–Trinajstić information content (AvgIpc) is 3.29. The molecule has 0 saturated carbocycles. The van der Waals surface area contributed by atoms with Crippen LogP contribution in [0.3, 0.4) is 0 Å². The normalized spacial score (nSPS) is 12.0. The highest BCUT2D eigenvalue weighted by atomic mass is 16.1. The third kappa shape index (κ3) is 5.93. The van der Waals surface area contributed by atoms with Crippen molar-refractivity contribution in [3.8, 4) is 11.1 Å². The number of benzene rings is 1. The van der Waals surface area contributed by atoms with Gasteiger partial charge in [0.1, 0.15) is 11.6 Å². The third-order valence-corrected chi connectivity index (χ3v) is 5.83. The fourth-order valence-corrected chi connectivity index (χ4v) is 4.00. The van der Waals surface area contributed by atoms with Crippen LogP contribution in [0.1, 0.15) is 31.1 Å². The molecule has 4 aromatic rings. The Labute approximate surface area is 206 Å². The number of carbonyl (C=O) groups excluding carboxylic acids is 1. The van der Waals surface area contributed by atoms with Gasteiger partial charge in [-0.05, 0) is 47.1 Å². The van der Waals surface area contributed by atoms with Crippen LogP contribution in [0.4, 0.5) is 11.6 Å². The maximum atomic E-state index is 13.1. The Kier molecular flexibility index (Phi) is 7.25. The maximum Gasteiger partial charge on any atom is 0.257 e. The monoisotopic (exact) mass is 468 g/mol. The van der Waals surface area contributed by atoms with Gasteiger partial charge < -0.3 is 10.2 Å². The summed E-state index contributed by atoms with van der Waals surface area (Å²) >= 11 is 0. The molecule has 7 heteroatoms. The first-order valence-corrected chi connectivity index (χ1v) is 11.9. The van der Waals surface area contributed by atoms with Gasteiger partial charge in [0.25, 0.3) is 5.91 Å². The van der Waals surface area contributed by atoms with E-state index in [2.05, 4.69) is 58.7 Å². The van der Waals surface area contributed by atoms with Gasteiger partial charge in [-0.3, -0.25) is 9.48 Å². The molecule has 0 spiro atoms. The van der Waals surface area contributed by atoms with Crippen molar-refractivity contribution < 1.29 is 4.79 Å². The van der Waals surface area contributed by atoms with Gasteiger partial charge in [-0.2, -0.15) is 5.10 Å². The first-order chi connectivity index (χ1) is 16.8. The van der Waals surface area contributed by atoms with E-state index >= 15 is 0 Å². The lowest BCUT2D eigenvalue weighted by Gasteiger charge is -2.27. The number of hydrogen-bond donors (Lipinski definition) is 1. The lowest BCUT2D eigenvalue weighted by Crippen LogP contribution is -2.32. The van der Waals surface area contributed by atoms with Gasteiger partial charge in [0.2, 0.25) is 0 Å². The van der Waals surface area contributed by atoms with Gasteiger partial charge in [0.05, 0.1) is 6.20 Å². The molecule has 7 nitrogen and oxygen atoms in total. The van der Waals surface area contributed by atoms with Crippen molar-refractivity contribution in [2.75, 3.05) is 23.3 Å². The standard InChI is InChI=1S/C28H32N6O/c1-6-20(4)17-34(16-19(2)3)27-13-22(9-10-29-27)28(35)32-26-12-24-11-21(7-8-23(24)14-30-26)25-15-31-33(5)18-25/h6-15,18-20H,1,16-17H2,2-5H3,(H,30,32,35)/t20-/m0/s1. The highest BCUT2D eigenvalue weighted by molar-refractivity contribution is 6.05. The molecule has 0 aliphatic heterocycles. The quantitative estimate of drug-likeness (QED) is 0.325. The Bertz CT molecular complexity index is 1340. The second-order valence-corrected chi connectivity index (χ2v) is 9.40. The number of nitrogens with one attached hydrogen (secondary N) is 1. The predicted molar refractivity (Wildman–Crippen MR) is 143 cm³/mol. The number of aromatic nitrogens is 4. The molecule has 0 aliphatic carbocycles. The van der Waals surface area contributed by atoms with E-state index in [1.807, 2.05) is 49.8 Å². The highest BCUT2D eigenvalue weighted by Crippen LogP contribution is 2.25. The van der Waals surface area contributed by atoms with Crippen LogP contribution in [0.15, 0.2) is 73.8 Å². The van der Waals surface area contributed by atoms with Crippen molar-refractivity contribution in [2.24, 2.45) is 18.9 Å². The van der Waals surface area contributed by atoms with Crippen LogP contribution in [-0.2, 0) is 7.05 Å². The number of amides is 1. The number of pyridine rings is 2.